The van der Waals surface area contributed by atoms with Gasteiger partial charge >= 0.3 is 0 Å². The summed E-state index contributed by atoms with van der Waals surface area (Å²) in [6, 6.07) is 3.64. The van der Waals surface area contributed by atoms with Gasteiger partial charge in [-0.25, -0.2) is 8.78 Å². The van der Waals surface area contributed by atoms with Crippen LogP contribution in [0.2, 0.25) is 0 Å². The predicted octanol–water partition coefficient (Wildman–Crippen LogP) is 2.66. The number of hydrogen-bond acceptors (Lipinski definition) is 3. The molecule has 106 valence electrons. The first-order valence-corrected chi connectivity index (χ1v) is 7.80. The first-order chi connectivity index (χ1) is 9.15. The van der Waals surface area contributed by atoms with Gasteiger partial charge in [-0.1, -0.05) is 0 Å². The molecule has 1 aliphatic heterocycles. The van der Waals surface area contributed by atoms with E-state index in [0.717, 1.165) is 32.2 Å². The van der Waals surface area contributed by atoms with Gasteiger partial charge < -0.3 is 10.2 Å². The van der Waals surface area contributed by atoms with Crippen LogP contribution in [-0.4, -0.2) is 42.6 Å². The summed E-state index contributed by atoms with van der Waals surface area (Å²) in [5.41, 5.74) is 0.659. The van der Waals surface area contributed by atoms with E-state index in [-0.39, 0.29) is 6.04 Å². The van der Waals surface area contributed by atoms with Crippen molar-refractivity contribution in [3.63, 3.8) is 0 Å². The molecule has 0 saturated carbocycles. The highest BCUT2D eigenvalue weighted by Gasteiger charge is 2.11. The molecule has 5 heteroatoms. The van der Waals surface area contributed by atoms with Gasteiger partial charge in [-0.15, -0.1) is 0 Å². The molecule has 1 fully saturated rings. The van der Waals surface area contributed by atoms with Crippen LogP contribution in [0.15, 0.2) is 18.2 Å². The van der Waals surface area contributed by atoms with Crippen molar-refractivity contribution in [2.45, 2.75) is 13.0 Å². The molecule has 0 radical (unpaired) electrons. The van der Waals surface area contributed by atoms with E-state index in [1.54, 1.807) is 0 Å². The zero-order valence-electron chi connectivity index (χ0n) is 11.2. The van der Waals surface area contributed by atoms with Crippen molar-refractivity contribution in [2.75, 3.05) is 37.7 Å². The Kier molecular flexibility index (Phi) is 5.60. The predicted molar refractivity (Wildman–Crippen MR) is 76.5 cm³/mol. The number of benzene rings is 1. The molecular weight excluding hydrogens is 266 g/mol. The van der Waals surface area contributed by atoms with Crippen LogP contribution in [-0.2, 0) is 0 Å². The minimum atomic E-state index is -0.517. The maximum Gasteiger partial charge on any atom is 0.126 e. The Bertz CT molecular complexity index is 388. The Hall–Kier alpha value is -0.650. The number of thioether (sulfide) groups is 1. The average Bonchev–Trinajstić information content (AvgIpc) is 2.38. The number of nitrogens with zero attached hydrogens (tertiary/aromatic N) is 1. The fourth-order valence-corrected chi connectivity index (χ4v) is 3.19. The van der Waals surface area contributed by atoms with Gasteiger partial charge in [0.15, 0.2) is 0 Å². The molecule has 1 atom stereocenters. The van der Waals surface area contributed by atoms with Gasteiger partial charge in [0, 0.05) is 49.8 Å². The Morgan fingerprint density at radius 1 is 1.21 bits per heavy atom. The Labute approximate surface area is 117 Å². The van der Waals surface area contributed by atoms with Crippen molar-refractivity contribution in [1.29, 1.82) is 0 Å². The third kappa shape index (κ3) is 4.75. The molecule has 0 aliphatic carbocycles. The molecule has 0 spiro atoms. The molecule has 1 aliphatic rings. The molecule has 19 heavy (non-hydrogen) atoms. The lowest BCUT2D eigenvalue weighted by atomic mass is 10.1. The van der Waals surface area contributed by atoms with Crippen LogP contribution in [0, 0.1) is 11.6 Å². The van der Waals surface area contributed by atoms with Crippen molar-refractivity contribution in [1.82, 2.24) is 10.2 Å². The van der Waals surface area contributed by atoms with E-state index in [1.807, 2.05) is 18.7 Å². The maximum atomic E-state index is 13.1. The van der Waals surface area contributed by atoms with E-state index < -0.39 is 11.6 Å². The largest absolute Gasteiger partial charge is 0.309 e. The van der Waals surface area contributed by atoms with E-state index >= 15 is 0 Å². The van der Waals surface area contributed by atoms with Crippen LogP contribution >= 0.6 is 11.8 Å². The molecular formula is C14H20F2N2S. The number of nitrogens with one attached hydrogen (secondary N) is 1. The molecule has 0 aromatic heterocycles. The molecule has 1 heterocycles. The van der Waals surface area contributed by atoms with E-state index in [4.69, 9.17) is 0 Å². The fourth-order valence-electron chi connectivity index (χ4n) is 2.21. The minimum Gasteiger partial charge on any atom is -0.309 e. The van der Waals surface area contributed by atoms with Crippen molar-refractivity contribution in [2.24, 2.45) is 0 Å². The highest BCUT2D eigenvalue weighted by molar-refractivity contribution is 7.99. The number of hydrogen-bond donors (Lipinski definition) is 1. The summed E-state index contributed by atoms with van der Waals surface area (Å²) < 4.78 is 26.2. The Balaban J connectivity index is 1.78. The van der Waals surface area contributed by atoms with Crippen molar-refractivity contribution < 1.29 is 8.78 Å². The number of halogens is 2. The summed E-state index contributed by atoms with van der Waals surface area (Å²) in [5, 5.41) is 3.32. The van der Waals surface area contributed by atoms with Crippen LogP contribution in [0.1, 0.15) is 18.5 Å². The average molecular weight is 286 g/mol. The van der Waals surface area contributed by atoms with E-state index in [0.29, 0.717) is 5.56 Å². The highest BCUT2D eigenvalue weighted by atomic mass is 32.2. The third-order valence-electron chi connectivity index (χ3n) is 3.37. The summed E-state index contributed by atoms with van der Waals surface area (Å²) in [6.45, 7) is 6.03. The second-order valence-electron chi connectivity index (χ2n) is 4.83. The Morgan fingerprint density at radius 2 is 1.84 bits per heavy atom. The van der Waals surface area contributed by atoms with E-state index in [9.17, 15) is 8.78 Å². The minimum absolute atomic E-state index is 0.0376. The quantitative estimate of drug-likeness (QED) is 0.896. The van der Waals surface area contributed by atoms with Crippen LogP contribution in [0.25, 0.3) is 0 Å². The summed E-state index contributed by atoms with van der Waals surface area (Å²) in [4.78, 5) is 2.42. The lowest BCUT2D eigenvalue weighted by Gasteiger charge is -2.26. The normalized spacial score (nSPS) is 18.5. The van der Waals surface area contributed by atoms with Gasteiger partial charge in [0.05, 0.1) is 0 Å². The monoisotopic (exact) mass is 286 g/mol. The topological polar surface area (TPSA) is 15.3 Å². The molecule has 2 rings (SSSR count). The lowest BCUT2D eigenvalue weighted by Crippen LogP contribution is -2.38. The van der Waals surface area contributed by atoms with Gasteiger partial charge in [0.2, 0.25) is 0 Å². The second kappa shape index (κ2) is 7.22. The van der Waals surface area contributed by atoms with Gasteiger partial charge in [-0.05, 0) is 24.6 Å². The zero-order valence-corrected chi connectivity index (χ0v) is 12.0. The molecule has 0 bridgehead atoms. The highest BCUT2D eigenvalue weighted by Crippen LogP contribution is 2.15. The lowest BCUT2D eigenvalue weighted by molar-refractivity contribution is 0.296. The van der Waals surface area contributed by atoms with Crippen LogP contribution in [0.4, 0.5) is 8.78 Å². The molecule has 1 unspecified atom stereocenters. The molecule has 1 aromatic rings. The van der Waals surface area contributed by atoms with Gasteiger partial charge in [0.1, 0.15) is 11.6 Å². The van der Waals surface area contributed by atoms with Crippen LogP contribution in [0.3, 0.4) is 0 Å². The standard InChI is InChI=1S/C14H20F2N2S/c1-11(12-8-13(15)10-14(16)9-12)17-2-3-18-4-6-19-7-5-18/h8-11,17H,2-7H2,1H3. The fraction of sp³-hybridized carbons (Fsp3) is 0.571. The summed E-state index contributed by atoms with van der Waals surface area (Å²) >= 11 is 1.99. The molecule has 2 nitrogen and oxygen atoms in total. The molecule has 0 amide bonds. The van der Waals surface area contributed by atoms with Crippen molar-refractivity contribution in [3.05, 3.63) is 35.4 Å². The second-order valence-corrected chi connectivity index (χ2v) is 6.06. The first kappa shape index (κ1) is 14.8. The van der Waals surface area contributed by atoms with E-state index in [2.05, 4.69) is 10.2 Å². The van der Waals surface area contributed by atoms with Crippen molar-refractivity contribution >= 4 is 11.8 Å². The summed E-state index contributed by atoms with van der Waals surface area (Å²) in [6.07, 6.45) is 0. The molecule has 1 saturated heterocycles. The molecule has 1 N–H and O–H groups in total. The first-order valence-electron chi connectivity index (χ1n) is 6.64. The van der Waals surface area contributed by atoms with Crippen LogP contribution < -0.4 is 5.32 Å². The van der Waals surface area contributed by atoms with Crippen molar-refractivity contribution in [3.8, 4) is 0 Å². The SMILES string of the molecule is CC(NCCN1CCSCC1)c1cc(F)cc(F)c1. The van der Waals surface area contributed by atoms with Gasteiger partial charge in [-0.3, -0.25) is 0 Å². The van der Waals surface area contributed by atoms with Gasteiger partial charge in [-0.2, -0.15) is 11.8 Å². The summed E-state index contributed by atoms with van der Waals surface area (Å²) in [5.74, 6) is 1.36. The van der Waals surface area contributed by atoms with Crippen LogP contribution in [0.5, 0.6) is 0 Å². The van der Waals surface area contributed by atoms with E-state index in [1.165, 1.54) is 23.6 Å². The molecule has 1 aromatic carbocycles. The third-order valence-corrected chi connectivity index (χ3v) is 4.31. The van der Waals surface area contributed by atoms with Gasteiger partial charge in [0.25, 0.3) is 0 Å². The summed E-state index contributed by atoms with van der Waals surface area (Å²) in [7, 11) is 0. The Morgan fingerprint density at radius 3 is 2.47 bits per heavy atom. The smallest absolute Gasteiger partial charge is 0.126 e. The number of rotatable bonds is 5. The zero-order chi connectivity index (χ0) is 13.7. The maximum absolute atomic E-state index is 13.1.